The Kier molecular flexibility index (Phi) is 9.51. The molecule has 3 fully saturated rings. The second-order valence-electron chi connectivity index (χ2n) is 9.99. The van der Waals surface area contributed by atoms with Crippen LogP contribution < -0.4 is 5.32 Å². The van der Waals surface area contributed by atoms with Crippen LogP contribution in [0.5, 0.6) is 0 Å². The van der Waals surface area contributed by atoms with Crippen molar-refractivity contribution in [2.75, 3.05) is 45.9 Å². The zero-order valence-electron chi connectivity index (χ0n) is 19.4. The summed E-state index contributed by atoms with van der Waals surface area (Å²) in [5.41, 5.74) is 0. The SMILES string of the molecule is CC(I)N1CCCN(C2CCOCC2)C[C@@H]1CC1CN[C@@H](C)[C@H](C)N(C(C)C)C1. The van der Waals surface area contributed by atoms with Gasteiger partial charge in [-0.1, -0.05) is 22.6 Å². The van der Waals surface area contributed by atoms with Gasteiger partial charge < -0.3 is 10.1 Å². The van der Waals surface area contributed by atoms with Crippen molar-refractivity contribution in [3.8, 4) is 0 Å². The summed E-state index contributed by atoms with van der Waals surface area (Å²) in [5.74, 6) is 0.724. The van der Waals surface area contributed by atoms with Gasteiger partial charge in [0.05, 0.1) is 4.05 Å². The number of nitrogens with zero attached hydrogens (tertiary/aromatic N) is 3. The Labute approximate surface area is 193 Å². The lowest BCUT2D eigenvalue weighted by molar-refractivity contribution is 0.0277. The molecular weight excluding hydrogens is 475 g/mol. The lowest BCUT2D eigenvalue weighted by Gasteiger charge is -2.40. The number of nitrogens with one attached hydrogen (secondary N) is 1. The molecule has 2 unspecified atom stereocenters. The van der Waals surface area contributed by atoms with Gasteiger partial charge in [0.15, 0.2) is 0 Å². The molecule has 0 spiro atoms. The van der Waals surface area contributed by atoms with Crippen molar-refractivity contribution in [1.82, 2.24) is 20.0 Å². The van der Waals surface area contributed by atoms with Crippen LogP contribution in [0.2, 0.25) is 0 Å². The van der Waals surface area contributed by atoms with Gasteiger partial charge in [-0.3, -0.25) is 14.7 Å². The minimum absolute atomic E-state index is 0.565. The van der Waals surface area contributed by atoms with E-state index < -0.39 is 0 Å². The first-order valence-electron chi connectivity index (χ1n) is 12.1. The number of alkyl halides is 1. The molecule has 6 heteroatoms. The number of rotatable bonds is 5. The van der Waals surface area contributed by atoms with Crippen molar-refractivity contribution in [2.45, 2.75) is 94.6 Å². The summed E-state index contributed by atoms with van der Waals surface area (Å²) in [4.78, 5) is 8.36. The third-order valence-corrected chi connectivity index (χ3v) is 8.37. The number of ether oxygens (including phenoxy) is 1. The third kappa shape index (κ3) is 6.51. The maximum atomic E-state index is 5.65. The molecule has 1 N–H and O–H groups in total. The van der Waals surface area contributed by atoms with Gasteiger partial charge in [-0.2, -0.15) is 0 Å². The lowest BCUT2D eigenvalue weighted by Crippen LogP contribution is -2.49. The topological polar surface area (TPSA) is 31.0 Å². The second-order valence-corrected chi connectivity index (χ2v) is 11.8. The molecule has 0 radical (unpaired) electrons. The average molecular weight is 521 g/mol. The lowest BCUT2D eigenvalue weighted by atomic mass is 9.96. The van der Waals surface area contributed by atoms with Gasteiger partial charge >= 0.3 is 0 Å². The number of halogens is 1. The van der Waals surface area contributed by atoms with Crippen LogP contribution in [0.1, 0.15) is 60.3 Å². The van der Waals surface area contributed by atoms with Crippen LogP contribution in [0.4, 0.5) is 0 Å². The fraction of sp³-hybridized carbons (Fsp3) is 1.00. The molecule has 29 heavy (non-hydrogen) atoms. The van der Waals surface area contributed by atoms with Gasteiger partial charge in [0, 0.05) is 63.1 Å². The molecule has 5 atom stereocenters. The zero-order chi connectivity index (χ0) is 21.0. The van der Waals surface area contributed by atoms with E-state index in [1.165, 1.54) is 51.9 Å². The van der Waals surface area contributed by atoms with Crippen LogP contribution in [-0.4, -0.2) is 94.9 Å². The van der Waals surface area contributed by atoms with E-state index in [9.17, 15) is 0 Å². The highest BCUT2D eigenvalue weighted by atomic mass is 127. The highest BCUT2D eigenvalue weighted by molar-refractivity contribution is 14.1. The smallest absolute Gasteiger partial charge is 0.0592 e. The van der Waals surface area contributed by atoms with Gasteiger partial charge in [0.1, 0.15) is 0 Å². The van der Waals surface area contributed by atoms with E-state index >= 15 is 0 Å². The van der Waals surface area contributed by atoms with Crippen LogP contribution in [-0.2, 0) is 4.74 Å². The van der Waals surface area contributed by atoms with Crippen LogP contribution in [0.3, 0.4) is 0 Å². The van der Waals surface area contributed by atoms with Crippen LogP contribution in [0.25, 0.3) is 0 Å². The first-order valence-corrected chi connectivity index (χ1v) is 13.3. The van der Waals surface area contributed by atoms with Crippen molar-refractivity contribution < 1.29 is 4.74 Å². The van der Waals surface area contributed by atoms with Crippen molar-refractivity contribution in [2.24, 2.45) is 5.92 Å². The van der Waals surface area contributed by atoms with E-state index in [-0.39, 0.29) is 0 Å². The standard InChI is InChI=1S/C23H45IN4O/c1-17(2)28-15-21(14-25-18(3)19(28)4)13-23-16-26(22-7-11-29-12-8-22)9-6-10-27(23)20(5)24/h17-23,25H,6-16H2,1-5H3/t18-,19-,20?,21?,23-/m0/s1. The first-order chi connectivity index (χ1) is 13.9. The van der Waals surface area contributed by atoms with Crippen LogP contribution in [0, 0.1) is 5.92 Å². The van der Waals surface area contributed by atoms with E-state index in [2.05, 4.69) is 77.2 Å². The highest BCUT2D eigenvalue weighted by Gasteiger charge is 2.35. The Morgan fingerprint density at radius 1 is 1.03 bits per heavy atom. The number of hydrogen-bond acceptors (Lipinski definition) is 5. The Morgan fingerprint density at radius 2 is 1.76 bits per heavy atom. The Morgan fingerprint density at radius 3 is 2.41 bits per heavy atom. The van der Waals surface area contributed by atoms with Gasteiger partial charge in [-0.05, 0) is 79.3 Å². The first kappa shape index (κ1) is 24.2. The maximum absolute atomic E-state index is 5.65. The van der Waals surface area contributed by atoms with Crippen LogP contribution >= 0.6 is 22.6 Å². The molecule has 0 aromatic heterocycles. The van der Waals surface area contributed by atoms with E-state index in [1.54, 1.807) is 0 Å². The van der Waals surface area contributed by atoms with Gasteiger partial charge in [-0.25, -0.2) is 0 Å². The molecule has 0 aliphatic carbocycles. The predicted molar refractivity (Wildman–Crippen MR) is 131 cm³/mol. The summed E-state index contributed by atoms with van der Waals surface area (Å²) in [7, 11) is 0. The fourth-order valence-electron chi connectivity index (χ4n) is 5.73. The molecule has 5 nitrogen and oxygen atoms in total. The molecule has 170 valence electrons. The zero-order valence-corrected chi connectivity index (χ0v) is 21.6. The molecule has 3 heterocycles. The largest absolute Gasteiger partial charge is 0.381 e. The monoisotopic (exact) mass is 520 g/mol. The Hall–Kier alpha value is 0.530. The average Bonchev–Trinajstić information content (AvgIpc) is 2.99. The molecule has 3 aliphatic heterocycles. The van der Waals surface area contributed by atoms with Gasteiger partial charge in [0.25, 0.3) is 0 Å². The van der Waals surface area contributed by atoms with E-state index in [0.29, 0.717) is 28.2 Å². The second kappa shape index (κ2) is 11.4. The van der Waals surface area contributed by atoms with Crippen molar-refractivity contribution >= 4 is 22.6 Å². The summed E-state index contributed by atoms with van der Waals surface area (Å²) in [6.07, 6.45) is 5.04. The van der Waals surface area contributed by atoms with Gasteiger partial charge in [0.2, 0.25) is 0 Å². The molecule has 0 aromatic carbocycles. The maximum Gasteiger partial charge on any atom is 0.0592 e. The van der Waals surface area contributed by atoms with Crippen LogP contribution in [0.15, 0.2) is 0 Å². The Balaban J connectivity index is 1.71. The molecule has 3 aliphatic rings. The summed E-state index contributed by atoms with van der Waals surface area (Å²) < 4.78 is 6.25. The Bertz CT molecular complexity index is 485. The summed E-state index contributed by atoms with van der Waals surface area (Å²) in [6.45, 7) is 19.9. The molecule has 0 saturated carbocycles. The molecule has 0 bridgehead atoms. The summed E-state index contributed by atoms with van der Waals surface area (Å²) in [5, 5.41) is 3.86. The minimum atomic E-state index is 0.565. The predicted octanol–water partition coefficient (Wildman–Crippen LogP) is 3.42. The van der Waals surface area contributed by atoms with Crippen molar-refractivity contribution in [1.29, 1.82) is 0 Å². The minimum Gasteiger partial charge on any atom is -0.381 e. The van der Waals surface area contributed by atoms with Crippen molar-refractivity contribution in [3.63, 3.8) is 0 Å². The summed E-state index contributed by atoms with van der Waals surface area (Å²) in [6, 6.07) is 3.18. The van der Waals surface area contributed by atoms with Crippen molar-refractivity contribution in [3.05, 3.63) is 0 Å². The molecule has 3 rings (SSSR count). The molecule has 0 amide bonds. The van der Waals surface area contributed by atoms with Gasteiger partial charge in [-0.15, -0.1) is 0 Å². The molecular formula is C23H45IN4O. The third-order valence-electron chi connectivity index (χ3n) is 7.65. The molecule has 0 aromatic rings. The number of hydrogen-bond donors (Lipinski definition) is 1. The van der Waals surface area contributed by atoms with E-state index in [1.807, 2.05) is 0 Å². The highest BCUT2D eigenvalue weighted by Crippen LogP contribution is 2.27. The quantitative estimate of drug-likeness (QED) is 0.341. The molecule has 3 saturated heterocycles. The van der Waals surface area contributed by atoms with E-state index in [0.717, 1.165) is 31.7 Å². The fourth-order valence-corrected chi connectivity index (χ4v) is 6.46. The van der Waals surface area contributed by atoms with E-state index in [4.69, 9.17) is 4.74 Å². The normalized spacial score (nSPS) is 36.1. The summed E-state index contributed by atoms with van der Waals surface area (Å²) >= 11 is 2.64.